The number of halogens is 3. The van der Waals surface area contributed by atoms with Crippen LogP contribution in [0.2, 0.25) is 10.0 Å². The lowest BCUT2D eigenvalue weighted by molar-refractivity contribution is 0.187. The Morgan fingerprint density at radius 1 is 1.21 bits per heavy atom. The van der Waals surface area contributed by atoms with Crippen LogP contribution in [0.1, 0.15) is 33.1 Å². The molecule has 108 valence electrons. The summed E-state index contributed by atoms with van der Waals surface area (Å²) < 4.78 is 6.75. The third-order valence-corrected chi connectivity index (χ3v) is 4.17. The van der Waals surface area contributed by atoms with E-state index in [-0.39, 0.29) is 6.10 Å². The number of nitrogens with one attached hydrogen (secondary N) is 1. The zero-order chi connectivity index (χ0) is 14.3. The van der Waals surface area contributed by atoms with E-state index >= 15 is 0 Å². The van der Waals surface area contributed by atoms with Crippen molar-refractivity contribution in [2.24, 2.45) is 0 Å². The van der Waals surface area contributed by atoms with Crippen LogP contribution in [0.3, 0.4) is 0 Å². The Kier molecular flexibility index (Phi) is 8.15. The highest BCUT2D eigenvalue weighted by Gasteiger charge is 2.13. The van der Waals surface area contributed by atoms with E-state index in [1.807, 2.05) is 0 Å². The van der Waals surface area contributed by atoms with Gasteiger partial charge in [-0.15, -0.1) is 0 Å². The topological polar surface area (TPSA) is 21.3 Å². The van der Waals surface area contributed by atoms with Crippen molar-refractivity contribution in [1.82, 2.24) is 5.32 Å². The maximum Gasteiger partial charge on any atom is 0.139 e. The van der Waals surface area contributed by atoms with E-state index < -0.39 is 0 Å². The van der Waals surface area contributed by atoms with Crippen molar-refractivity contribution in [3.8, 4) is 5.75 Å². The van der Waals surface area contributed by atoms with Gasteiger partial charge < -0.3 is 10.1 Å². The number of ether oxygens (including phenoxy) is 1. The molecule has 1 atom stereocenters. The normalized spacial score (nSPS) is 12.5. The summed E-state index contributed by atoms with van der Waals surface area (Å²) in [7, 11) is 0. The molecule has 0 bridgehead atoms. The predicted molar refractivity (Wildman–Crippen MR) is 86.6 cm³/mol. The van der Waals surface area contributed by atoms with E-state index in [0.717, 1.165) is 36.8 Å². The molecule has 0 heterocycles. The van der Waals surface area contributed by atoms with E-state index in [9.17, 15) is 0 Å². The van der Waals surface area contributed by atoms with Crippen LogP contribution in [0, 0.1) is 0 Å². The summed E-state index contributed by atoms with van der Waals surface area (Å²) in [5.41, 5.74) is 0. The van der Waals surface area contributed by atoms with Gasteiger partial charge >= 0.3 is 0 Å². The minimum absolute atomic E-state index is 0.117. The standard InChI is InChI=1S/C14H20BrCl2NO/c1-3-5-10(9-18-6-4-2)19-14-8-12(16)11(15)7-13(14)17/h7-8,10,18H,3-6,9H2,1-2H3. The SMILES string of the molecule is CCCNCC(CCC)Oc1cc(Cl)c(Br)cc1Cl. The van der Waals surface area contributed by atoms with Gasteiger partial charge in [-0.3, -0.25) is 0 Å². The van der Waals surface area contributed by atoms with Gasteiger partial charge in [0.2, 0.25) is 0 Å². The first kappa shape index (κ1) is 17.1. The molecule has 1 aromatic carbocycles. The van der Waals surface area contributed by atoms with Gasteiger partial charge in [0.1, 0.15) is 11.9 Å². The van der Waals surface area contributed by atoms with Gasteiger partial charge in [-0.1, -0.05) is 43.5 Å². The summed E-state index contributed by atoms with van der Waals surface area (Å²) in [6, 6.07) is 3.53. The van der Waals surface area contributed by atoms with Crippen LogP contribution in [0.4, 0.5) is 0 Å². The predicted octanol–water partition coefficient (Wildman–Crippen LogP) is 5.30. The molecule has 19 heavy (non-hydrogen) atoms. The maximum absolute atomic E-state index is 6.17. The van der Waals surface area contributed by atoms with Crippen LogP contribution >= 0.6 is 39.1 Å². The smallest absolute Gasteiger partial charge is 0.139 e. The Balaban J connectivity index is 2.69. The molecule has 1 rings (SSSR count). The molecule has 5 heteroatoms. The molecule has 0 radical (unpaired) electrons. The summed E-state index contributed by atoms with van der Waals surface area (Å²) in [6.07, 6.45) is 3.29. The van der Waals surface area contributed by atoms with Crippen molar-refractivity contribution in [1.29, 1.82) is 0 Å². The second-order valence-corrected chi connectivity index (χ2v) is 6.10. The van der Waals surface area contributed by atoms with Gasteiger partial charge in [-0.05, 0) is 41.4 Å². The monoisotopic (exact) mass is 367 g/mol. The van der Waals surface area contributed by atoms with E-state index in [1.54, 1.807) is 12.1 Å². The van der Waals surface area contributed by atoms with Crippen LogP contribution in [0.25, 0.3) is 0 Å². The number of rotatable bonds is 8. The lowest BCUT2D eigenvalue weighted by Gasteiger charge is -2.20. The van der Waals surface area contributed by atoms with Crippen molar-refractivity contribution in [3.05, 3.63) is 26.7 Å². The number of hydrogen-bond acceptors (Lipinski definition) is 2. The third kappa shape index (κ3) is 5.90. The zero-order valence-corrected chi connectivity index (χ0v) is 14.4. The highest BCUT2D eigenvalue weighted by atomic mass is 79.9. The first-order valence-electron chi connectivity index (χ1n) is 6.60. The van der Waals surface area contributed by atoms with Crippen molar-refractivity contribution < 1.29 is 4.74 Å². The minimum Gasteiger partial charge on any atom is -0.487 e. The second kappa shape index (κ2) is 9.06. The molecule has 0 fully saturated rings. The number of benzene rings is 1. The molecule has 0 aliphatic heterocycles. The van der Waals surface area contributed by atoms with Gasteiger partial charge in [0.05, 0.1) is 10.0 Å². The highest BCUT2D eigenvalue weighted by molar-refractivity contribution is 9.10. The highest BCUT2D eigenvalue weighted by Crippen LogP contribution is 2.34. The van der Waals surface area contributed by atoms with Crippen LogP contribution in [-0.4, -0.2) is 19.2 Å². The molecule has 0 aromatic heterocycles. The number of hydrogen-bond donors (Lipinski definition) is 1. The van der Waals surface area contributed by atoms with Crippen LogP contribution in [-0.2, 0) is 0 Å². The molecule has 0 saturated carbocycles. The van der Waals surface area contributed by atoms with E-state index in [1.165, 1.54) is 0 Å². The van der Waals surface area contributed by atoms with E-state index in [2.05, 4.69) is 35.1 Å². The Labute approximate surface area is 133 Å². The first-order valence-corrected chi connectivity index (χ1v) is 8.15. The fourth-order valence-electron chi connectivity index (χ4n) is 1.74. The van der Waals surface area contributed by atoms with Gasteiger partial charge in [-0.2, -0.15) is 0 Å². The summed E-state index contributed by atoms with van der Waals surface area (Å²) in [6.45, 7) is 6.12. The van der Waals surface area contributed by atoms with Crippen molar-refractivity contribution in [3.63, 3.8) is 0 Å². The summed E-state index contributed by atoms with van der Waals surface area (Å²) >= 11 is 15.6. The molecule has 0 spiro atoms. The molecule has 1 unspecified atom stereocenters. The Bertz CT molecular complexity index is 401. The average molecular weight is 369 g/mol. The van der Waals surface area contributed by atoms with Gasteiger partial charge in [0, 0.05) is 17.1 Å². The molecule has 1 aromatic rings. The van der Waals surface area contributed by atoms with Gasteiger partial charge in [0.25, 0.3) is 0 Å². The lowest BCUT2D eigenvalue weighted by Crippen LogP contribution is -2.31. The third-order valence-electron chi connectivity index (χ3n) is 2.68. The fraction of sp³-hybridized carbons (Fsp3) is 0.571. The van der Waals surface area contributed by atoms with Crippen LogP contribution in [0.5, 0.6) is 5.75 Å². The lowest BCUT2D eigenvalue weighted by atomic mass is 10.2. The molecule has 0 amide bonds. The van der Waals surface area contributed by atoms with Crippen LogP contribution in [0.15, 0.2) is 16.6 Å². The average Bonchev–Trinajstić information content (AvgIpc) is 2.36. The van der Waals surface area contributed by atoms with Crippen molar-refractivity contribution >= 4 is 39.1 Å². The molecule has 1 N–H and O–H groups in total. The van der Waals surface area contributed by atoms with Crippen molar-refractivity contribution in [2.75, 3.05) is 13.1 Å². The van der Waals surface area contributed by atoms with Gasteiger partial charge in [0.15, 0.2) is 0 Å². The summed E-state index contributed by atoms with van der Waals surface area (Å²) in [5.74, 6) is 0.645. The fourth-order valence-corrected chi connectivity index (χ4v) is 2.58. The molecular weight excluding hydrogens is 349 g/mol. The summed E-state index contributed by atoms with van der Waals surface area (Å²) in [4.78, 5) is 0. The Morgan fingerprint density at radius 3 is 2.58 bits per heavy atom. The Hall–Kier alpha value is 0.0400. The maximum atomic E-state index is 6.17. The second-order valence-electron chi connectivity index (χ2n) is 4.43. The molecule has 2 nitrogen and oxygen atoms in total. The Morgan fingerprint density at radius 2 is 1.95 bits per heavy atom. The zero-order valence-electron chi connectivity index (χ0n) is 11.3. The molecule has 0 saturated heterocycles. The first-order chi connectivity index (χ1) is 9.08. The molecule has 0 aliphatic carbocycles. The quantitative estimate of drug-likeness (QED) is 0.496. The van der Waals surface area contributed by atoms with E-state index in [4.69, 9.17) is 27.9 Å². The summed E-state index contributed by atoms with van der Waals surface area (Å²) in [5, 5.41) is 4.56. The van der Waals surface area contributed by atoms with Gasteiger partial charge in [-0.25, -0.2) is 0 Å². The molecular formula is C14H20BrCl2NO. The van der Waals surface area contributed by atoms with E-state index in [0.29, 0.717) is 15.8 Å². The molecule has 0 aliphatic rings. The minimum atomic E-state index is 0.117. The largest absolute Gasteiger partial charge is 0.487 e. The van der Waals surface area contributed by atoms with Crippen LogP contribution < -0.4 is 10.1 Å². The van der Waals surface area contributed by atoms with Crippen molar-refractivity contribution in [2.45, 2.75) is 39.2 Å².